The molecule has 27 heavy (non-hydrogen) atoms. The molecule has 1 amide bonds. The first-order chi connectivity index (χ1) is 12.9. The van der Waals surface area contributed by atoms with E-state index in [0.717, 1.165) is 11.1 Å². The molecule has 2 aliphatic rings. The molecule has 140 valence electrons. The Kier molecular flexibility index (Phi) is 4.25. The monoisotopic (exact) mass is 367 g/mol. The fourth-order valence-corrected chi connectivity index (χ4v) is 4.11. The first-order valence-corrected chi connectivity index (χ1v) is 9.25. The van der Waals surface area contributed by atoms with Crippen molar-refractivity contribution in [2.24, 2.45) is 0 Å². The summed E-state index contributed by atoms with van der Waals surface area (Å²) in [6, 6.07) is 9.52. The van der Waals surface area contributed by atoms with Crippen molar-refractivity contribution in [2.45, 2.75) is 38.7 Å². The molecule has 0 radical (unpaired) electrons. The van der Waals surface area contributed by atoms with E-state index in [9.17, 15) is 14.0 Å². The van der Waals surface area contributed by atoms with Gasteiger partial charge in [-0.3, -0.25) is 9.59 Å². The van der Waals surface area contributed by atoms with Crippen LogP contribution in [0.2, 0.25) is 0 Å². The first-order valence-electron chi connectivity index (χ1n) is 9.25. The van der Waals surface area contributed by atoms with Crippen LogP contribution in [0.3, 0.4) is 0 Å². The third-order valence-electron chi connectivity index (χ3n) is 5.57. The first kappa shape index (κ1) is 17.7. The van der Waals surface area contributed by atoms with Gasteiger partial charge in [0.15, 0.2) is 5.78 Å². The summed E-state index contributed by atoms with van der Waals surface area (Å²) in [4.78, 5) is 27.1. The molecule has 0 unspecified atom stereocenters. The number of likely N-dealkylation sites (tertiary alicyclic amines) is 1. The highest BCUT2D eigenvalue weighted by molar-refractivity contribution is 6.01. The van der Waals surface area contributed by atoms with E-state index in [1.807, 2.05) is 26.0 Å². The third kappa shape index (κ3) is 3.22. The number of carbonyl (C=O) groups is 2. The Morgan fingerprint density at radius 3 is 2.44 bits per heavy atom. The quantitative estimate of drug-likeness (QED) is 0.763. The number of piperidine rings is 1. The molecule has 2 aliphatic heterocycles. The molecule has 1 fully saturated rings. The third-order valence-corrected chi connectivity index (χ3v) is 5.57. The lowest BCUT2D eigenvalue weighted by atomic mass is 9.81. The minimum atomic E-state index is -0.538. The summed E-state index contributed by atoms with van der Waals surface area (Å²) in [6.07, 6.45) is 1.57. The maximum Gasteiger partial charge on any atom is 0.253 e. The van der Waals surface area contributed by atoms with E-state index < -0.39 is 5.60 Å². The van der Waals surface area contributed by atoms with Crippen LogP contribution >= 0.6 is 0 Å². The minimum Gasteiger partial charge on any atom is -0.486 e. The summed E-state index contributed by atoms with van der Waals surface area (Å²) in [5.74, 6) is 0.332. The normalized spacial score (nSPS) is 18.2. The van der Waals surface area contributed by atoms with Gasteiger partial charge in [0.25, 0.3) is 5.91 Å². The average Bonchev–Trinajstić information content (AvgIpc) is 2.64. The maximum atomic E-state index is 13.1. The lowest BCUT2D eigenvalue weighted by Gasteiger charge is -2.44. The number of hydrogen-bond donors (Lipinski definition) is 0. The SMILES string of the molecule is Cc1cc(C)c2c(c1)C(=O)CC1(CCN(C(=O)c3ccc(F)cc3)CC1)O2. The van der Waals surface area contributed by atoms with Gasteiger partial charge in [0.05, 0.1) is 12.0 Å². The Labute approximate surface area is 157 Å². The van der Waals surface area contributed by atoms with E-state index in [1.54, 1.807) is 4.90 Å². The molecule has 2 heterocycles. The van der Waals surface area contributed by atoms with Crippen LogP contribution in [-0.2, 0) is 0 Å². The Bertz CT molecular complexity index is 912. The fourth-order valence-electron chi connectivity index (χ4n) is 4.11. The van der Waals surface area contributed by atoms with Crippen molar-refractivity contribution in [1.82, 2.24) is 4.90 Å². The van der Waals surface area contributed by atoms with Crippen LogP contribution in [0.5, 0.6) is 5.75 Å². The van der Waals surface area contributed by atoms with E-state index in [1.165, 1.54) is 24.3 Å². The van der Waals surface area contributed by atoms with Gasteiger partial charge in [-0.1, -0.05) is 6.07 Å². The molecule has 0 aliphatic carbocycles. The molecule has 2 aromatic carbocycles. The number of ketones is 1. The topological polar surface area (TPSA) is 46.6 Å². The van der Waals surface area contributed by atoms with Gasteiger partial charge >= 0.3 is 0 Å². The number of Topliss-reactive ketones (excluding diaryl/α,β-unsaturated/α-hetero) is 1. The van der Waals surface area contributed by atoms with Crippen molar-refractivity contribution in [3.05, 3.63) is 64.5 Å². The van der Waals surface area contributed by atoms with Crippen LogP contribution in [0, 0.1) is 19.7 Å². The number of ether oxygens (including phenoxy) is 1. The highest BCUT2D eigenvalue weighted by atomic mass is 19.1. The number of halogens is 1. The number of carbonyl (C=O) groups excluding carboxylic acids is 2. The van der Waals surface area contributed by atoms with Gasteiger partial charge in [-0.25, -0.2) is 4.39 Å². The average molecular weight is 367 g/mol. The largest absolute Gasteiger partial charge is 0.486 e. The second-order valence-electron chi connectivity index (χ2n) is 7.64. The summed E-state index contributed by atoms with van der Waals surface area (Å²) in [6.45, 7) is 4.98. The van der Waals surface area contributed by atoms with Crippen molar-refractivity contribution in [3.8, 4) is 5.75 Å². The molecule has 0 bridgehead atoms. The second-order valence-corrected chi connectivity index (χ2v) is 7.64. The van der Waals surface area contributed by atoms with Crippen molar-refractivity contribution >= 4 is 11.7 Å². The minimum absolute atomic E-state index is 0.112. The highest BCUT2D eigenvalue weighted by Gasteiger charge is 2.44. The van der Waals surface area contributed by atoms with E-state index in [-0.39, 0.29) is 17.5 Å². The Balaban J connectivity index is 1.51. The molecule has 0 aromatic heterocycles. The number of benzene rings is 2. The van der Waals surface area contributed by atoms with E-state index in [2.05, 4.69) is 0 Å². The predicted molar refractivity (Wildman–Crippen MR) is 99.8 cm³/mol. The summed E-state index contributed by atoms with van der Waals surface area (Å²) in [5, 5.41) is 0. The number of hydrogen-bond acceptors (Lipinski definition) is 3. The number of nitrogens with zero attached hydrogens (tertiary/aromatic N) is 1. The van der Waals surface area contributed by atoms with Gasteiger partial charge in [0.2, 0.25) is 0 Å². The number of amides is 1. The summed E-state index contributed by atoms with van der Waals surface area (Å²) in [7, 11) is 0. The van der Waals surface area contributed by atoms with Gasteiger partial charge in [-0.15, -0.1) is 0 Å². The van der Waals surface area contributed by atoms with E-state index in [4.69, 9.17) is 4.74 Å². The number of aryl methyl sites for hydroxylation is 2. The predicted octanol–water partition coefficient (Wildman–Crippen LogP) is 4.08. The van der Waals surface area contributed by atoms with Crippen LogP contribution in [0.1, 0.15) is 51.1 Å². The molecule has 0 atom stereocenters. The molecule has 2 aromatic rings. The standard InChI is InChI=1S/C22H22FNO3/c1-14-11-15(2)20-18(12-14)19(25)13-22(27-20)7-9-24(10-8-22)21(26)16-3-5-17(23)6-4-16/h3-6,11-12H,7-10,13H2,1-2H3. The zero-order chi connectivity index (χ0) is 19.2. The number of fused-ring (bicyclic) bond motifs is 1. The lowest BCUT2D eigenvalue weighted by molar-refractivity contribution is -0.00619. The Hall–Kier alpha value is -2.69. The lowest BCUT2D eigenvalue weighted by Crippen LogP contribution is -2.52. The molecule has 1 spiro atoms. The van der Waals surface area contributed by atoms with Crippen LogP contribution in [0.4, 0.5) is 4.39 Å². The Morgan fingerprint density at radius 2 is 1.78 bits per heavy atom. The maximum absolute atomic E-state index is 13.1. The zero-order valence-electron chi connectivity index (χ0n) is 15.5. The van der Waals surface area contributed by atoms with Crippen LogP contribution in [-0.4, -0.2) is 35.3 Å². The summed E-state index contributed by atoms with van der Waals surface area (Å²) >= 11 is 0. The van der Waals surface area contributed by atoms with Crippen molar-refractivity contribution in [3.63, 3.8) is 0 Å². The molecule has 4 rings (SSSR count). The molecule has 0 N–H and O–H groups in total. The summed E-state index contributed by atoms with van der Waals surface area (Å²) in [5.41, 5.74) is 2.64. The van der Waals surface area contributed by atoms with Gasteiger partial charge in [-0.2, -0.15) is 0 Å². The van der Waals surface area contributed by atoms with Crippen LogP contribution in [0.25, 0.3) is 0 Å². The van der Waals surface area contributed by atoms with E-state index in [0.29, 0.717) is 49.2 Å². The zero-order valence-corrected chi connectivity index (χ0v) is 15.5. The van der Waals surface area contributed by atoms with Crippen molar-refractivity contribution in [2.75, 3.05) is 13.1 Å². The van der Waals surface area contributed by atoms with Gasteiger partial charge in [0, 0.05) is 31.5 Å². The van der Waals surface area contributed by atoms with Crippen molar-refractivity contribution in [1.29, 1.82) is 0 Å². The Morgan fingerprint density at radius 1 is 1.11 bits per heavy atom. The molecular weight excluding hydrogens is 345 g/mol. The summed E-state index contributed by atoms with van der Waals surface area (Å²) < 4.78 is 19.4. The van der Waals surface area contributed by atoms with Gasteiger partial charge in [0.1, 0.15) is 17.2 Å². The van der Waals surface area contributed by atoms with Gasteiger partial charge < -0.3 is 9.64 Å². The molecule has 4 nitrogen and oxygen atoms in total. The van der Waals surface area contributed by atoms with Gasteiger partial charge in [-0.05, 0) is 55.3 Å². The van der Waals surface area contributed by atoms with E-state index >= 15 is 0 Å². The smallest absolute Gasteiger partial charge is 0.253 e. The molecule has 0 saturated carbocycles. The van der Waals surface area contributed by atoms with Crippen LogP contribution in [0.15, 0.2) is 36.4 Å². The molecule has 1 saturated heterocycles. The fraction of sp³-hybridized carbons (Fsp3) is 0.364. The van der Waals surface area contributed by atoms with Crippen LogP contribution < -0.4 is 4.74 Å². The second kappa shape index (κ2) is 6.48. The van der Waals surface area contributed by atoms with Crippen molar-refractivity contribution < 1.29 is 18.7 Å². The molecule has 5 heteroatoms. The number of rotatable bonds is 1. The molecular formula is C22H22FNO3. The highest BCUT2D eigenvalue weighted by Crippen LogP contribution is 2.41.